The zero-order chi connectivity index (χ0) is 15.8. The van der Waals surface area contributed by atoms with Crippen molar-refractivity contribution in [2.45, 2.75) is 46.8 Å². The van der Waals surface area contributed by atoms with Gasteiger partial charge in [0.15, 0.2) is 0 Å². The first-order valence-electron chi connectivity index (χ1n) is 7.34. The van der Waals surface area contributed by atoms with Gasteiger partial charge in [0.25, 0.3) is 0 Å². The Hall–Kier alpha value is -0.970. The molecule has 0 spiro atoms. The maximum Gasteiger partial charge on any atom is 0.132 e. The number of hydrogen-bond acceptors (Lipinski definition) is 3. The van der Waals surface area contributed by atoms with Crippen LogP contribution in [0.1, 0.15) is 38.1 Å². The van der Waals surface area contributed by atoms with Gasteiger partial charge in [-0.25, -0.2) is 4.39 Å². The van der Waals surface area contributed by atoms with Crippen molar-refractivity contribution in [2.75, 3.05) is 7.05 Å². The van der Waals surface area contributed by atoms with Gasteiger partial charge in [-0.1, -0.05) is 26.8 Å². The monoisotopic (exact) mass is 308 g/mol. The molecule has 0 saturated heterocycles. The number of hydrogen-bond donors (Lipinski definition) is 1. The van der Waals surface area contributed by atoms with Crippen LogP contribution in [0, 0.1) is 11.2 Å². The summed E-state index contributed by atoms with van der Waals surface area (Å²) < 4.78 is 15.2. The van der Waals surface area contributed by atoms with E-state index in [0.29, 0.717) is 12.6 Å². The second kappa shape index (κ2) is 6.03. The molecule has 1 atom stereocenters. The van der Waals surface area contributed by atoms with Crippen LogP contribution < -0.4 is 5.73 Å². The Morgan fingerprint density at radius 1 is 1.33 bits per heavy atom. The molecular weight excluding hydrogens is 283 g/mol. The molecule has 2 rings (SSSR count). The number of nitrogens with zero attached hydrogens (tertiary/aromatic N) is 1. The summed E-state index contributed by atoms with van der Waals surface area (Å²) in [6.07, 6.45) is 0. The van der Waals surface area contributed by atoms with Crippen LogP contribution >= 0.6 is 11.3 Å². The third-order valence-electron chi connectivity index (χ3n) is 4.35. The number of fused-ring (bicyclic) bond motifs is 1. The highest BCUT2D eigenvalue weighted by Crippen LogP contribution is 2.35. The fourth-order valence-electron chi connectivity index (χ4n) is 2.60. The number of nitrogens with two attached hydrogens (primary N) is 1. The zero-order valence-electron chi connectivity index (χ0n) is 13.5. The molecular formula is C17H25FN2S. The third kappa shape index (κ3) is 3.28. The van der Waals surface area contributed by atoms with Crippen LogP contribution in [-0.4, -0.2) is 18.0 Å². The minimum atomic E-state index is -0.143. The molecule has 0 radical (unpaired) electrons. The van der Waals surface area contributed by atoms with E-state index in [0.717, 1.165) is 27.1 Å². The Balaban J connectivity index is 2.42. The van der Waals surface area contributed by atoms with E-state index in [-0.39, 0.29) is 11.2 Å². The van der Waals surface area contributed by atoms with E-state index in [1.165, 1.54) is 6.07 Å². The van der Waals surface area contributed by atoms with Crippen molar-refractivity contribution >= 4 is 21.4 Å². The lowest BCUT2D eigenvalue weighted by atomic mass is 9.87. The molecule has 2 nitrogen and oxygen atoms in total. The second-order valence-corrected chi connectivity index (χ2v) is 7.91. The molecule has 0 aliphatic heterocycles. The van der Waals surface area contributed by atoms with E-state index in [2.05, 4.69) is 39.6 Å². The van der Waals surface area contributed by atoms with Crippen molar-refractivity contribution < 1.29 is 4.39 Å². The molecule has 1 unspecified atom stereocenters. The first kappa shape index (κ1) is 16.4. The Morgan fingerprint density at radius 2 is 2.00 bits per heavy atom. The van der Waals surface area contributed by atoms with Gasteiger partial charge in [0.2, 0.25) is 0 Å². The molecule has 4 heteroatoms. The maximum atomic E-state index is 14.2. The van der Waals surface area contributed by atoms with E-state index in [4.69, 9.17) is 5.73 Å². The Kier molecular flexibility index (Phi) is 4.71. The van der Waals surface area contributed by atoms with Crippen LogP contribution in [0.25, 0.3) is 10.1 Å². The average molecular weight is 308 g/mol. The topological polar surface area (TPSA) is 29.3 Å². The standard InChI is InChI=1S/C17H25FN2S/c1-11(17(2,3)4)20(5)10-12-15(9-19)21-14-8-6-7-13(18)16(12)14/h6-8,11H,9-10,19H2,1-5H3. The quantitative estimate of drug-likeness (QED) is 0.909. The number of benzene rings is 1. The number of thiophene rings is 1. The van der Waals surface area contributed by atoms with E-state index in [1.807, 2.05) is 6.07 Å². The van der Waals surface area contributed by atoms with Crippen LogP contribution in [0.15, 0.2) is 18.2 Å². The van der Waals surface area contributed by atoms with Crippen LogP contribution in [0.2, 0.25) is 0 Å². The molecule has 2 N–H and O–H groups in total. The highest BCUT2D eigenvalue weighted by molar-refractivity contribution is 7.19. The van der Waals surface area contributed by atoms with Crippen LogP contribution in [0.3, 0.4) is 0 Å². The van der Waals surface area contributed by atoms with Crippen molar-refractivity contribution in [3.05, 3.63) is 34.5 Å². The highest BCUT2D eigenvalue weighted by Gasteiger charge is 2.25. The predicted octanol–water partition coefficient (Wildman–Crippen LogP) is 4.37. The van der Waals surface area contributed by atoms with Gasteiger partial charge in [-0.15, -0.1) is 11.3 Å². The lowest BCUT2D eigenvalue weighted by molar-refractivity contribution is 0.135. The maximum absolute atomic E-state index is 14.2. The Morgan fingerprint density at radius 3 is 2.57 bits per heavy atom. The summed E-state index contributed by atoms with van der Waals surface area (Å²) in [6.45, 7) is 10.1. The van der Waals surface area contributed by atoms with Crippen LogP contribution in [0.4, 0.5) is 4.39 Å². The summed E-state index contributed by atoms with van der Waals surface area (Å²) in [5.74, 6) is -0.143. The molecule has 116 valence electrons. The van der Waals surface area contributed by atoms with Crippen LogP contribution in [-0.2, 0) is 13.1 Å². The minimum Gasteiger partial charge on any atom is -0.326 e. The van der Waals surface area contributed by atoms with Gasteiger partial charge in [0.05, 0.1) is 0 Å². The molecule has 1 heterocycles. The molecule has 21 heavy (non-hydrogen) atoms. The van der Waals surface area contributed by atoms with Gasteiger partial charge >= 0.3 is 0 Å². The van der Waals surface area contributed by atoms with Crippen molar-refractivity contribution in [3.63, 3.8) is 0 Å². The van der Waals surface area contributed by atoms with Gasteiger partial charge in [0.1, 0.15) is 5.82 Å². The Bertz CT molecular complexity index is 627. The largest absolute Gasteiger partial charge is 0.326 e. The van der Waals surface area contributed by atoms with Gasteiger partial charge in [-0.05, 0) is 37.1 Å². The zero-order valence-corrected chi connectivity index (χ0v) is 14.4. The molecule has 0 aliphatic carbocycles. The molecule has 0 amide bonds. The van der Waals surface area contributed by atoms with E-state index in [1.54, 1.807) is 17.4 Å². The predicted molar refractivity (Wildman–Crippen MR) is 90.1 cm³/mol. The van der Waals surface area contributed by atoms with E-state index in [9.17, 15) is 4.39 Å². The summed E-state index contributed by atoms with van der Waals surface area (Å²) in [5, 5.41) is 0.746. The fraction of sp³-hybridized carbons (Fsp3) is 0.529. The molecule has 0 saturated carbocycles. The van der Waals surface area contributed by atoms with E-state index < -0.39 is 0 Å². The summed E-state index contributed by atoms with van der Waals surface area (Å²) >= 11 is 1.61. The first-order chi connectivity index (χ1) is 9.75. The van der Waals surface area contributed by atoms with Crippen molar-refractivity contribution in [1.29, 1.82) is 0 Å². The molecule has 0 aliphatic rings. The van der Waals surface area contributed by atoms with Crippen molar-refractivity contribution in [1.82, 2.24) is 4.90 Å². The fourth-order valence-corrected chi connectivity index (χ4v) is 3.70. The molecule has 1 aromatic carbocycles. The summed E-state index contributed by atoms with van der Waals surface area (Å²) in [7, 11) is 2.10. The van der Waals surface area contributed by atoms with Crippen molar-refractivity contribution in [2.24, 2.45) is 11.1 Å². The second-order valence-electron chi connectivity index (χ2n) is 6.78. The summed E-state index contributed by atoms with van der Waals surface area (Å²) in [6, 6.07) is 5.66. The van der Waals surface area contributed by atoms with Gasteiger partial charge in [-0.3, -0.25) is 4.90 Å². The molecule has 2 aromatic rings. The number of halogens is 1. The lowest BCUT2D eigenvalue weighted by Gasteiger charge is -2.35. The van der Waals surface area contributed by atoms with Gasteiger partial charge in [0, 0.05) is 34.1 Å². The highest BCUT2D eigenvalue weighted by atomic mass is 32.1. The van der Waals surface area contributed by atoms with Gasteiger partial charge < -0.3 is 5.73 Å². The molecule has 0 fully saturated rings. The smallest absolute Gasteiger partial charge is 0.132 e. The molecule has 0 bridgehead atoms. The number of rotatable bonds is 4. The SMILES string of the molecule is CC(N(C)Cc1c(CN)sc2cccc(F)c12)C(C)(C)C. The van der Waals surface area contributed by atoms with Gasteiger partial charge in [-0.2, -0.15) is 0 Å². The minimum absolute atomic E-state index is 0.143. The lowest BCUT2D eigenvalue weighted by Crippen LogP contribution is -2.38. The van der Waals surface area contributed by atoms with E-state index >= 15 is 0 Å². The summed E-state index contributed by atoms with van der Waals surface area (Å²) in [5.41, 5.74) is 7.10. The third-order valence-corrected chi connectivity index (χ3v) is 5.57. The first-order valence-corrected chi connectivity index (χ1v) is 8.16. The normalized spacial score (nSPS) is 14.1. The molecule has 1 aromatic heterocycles. The Labute approximate surface area is 130 Å². The van der Waals surface area contributed by atoms with Crippen molar-refractivity contribution in [3.8, 4) is 0 Å². The van der Waals surface area contributed by atoms with Crippen LogP contribution in [0.5, 0.6) is 0 Å². The average Bonchev–Trinajstić information content (AvgIpc) is 2.76. The summed E-state index contributed by atoms with van der Waals surface area (Å²) in [4.78, 5) is 3.37.